The normalized spacial score (nSPS) is 9.31. The van der Waals surface area contributed by atoms with E-state index in [0.29, 0.717) is 0 Å². The van der Waals surface area contributed by atoms with E-state index in [1.54, 1.807) is 0 Å². The number of carboxylic acids is 1. The first-order valence-corrected chi connectivity index (χ1v) is 4.92. The molecule has 0 fully saturated rings. The van der Waals surface area contributed by atoms with Crippen LogP contribution < -0.4 is 0 Å². The first-order chi connectivity index (χ1) is 7.69. The molecule has 2 aromatic rings. The van der Waals surface area contributed by atoms with Crippen molar-refractivity contribution in [2.45, 2.75) is 13.3 Å². The van der Waals surface area contributed by atoms with Crippen LogP contribution in [-0.2, 0) is 16.0 Å². The van der Waals surface area contributed by atoms with E-state index in [2.05, 4.69) is 42.4 Å². The molecule has 84 valence electrons. The van der Waals surface area contributed by atoms with E-state index >= 15 is 0 Å². The number of fused-ring (bicyclic) bond motifs is 1. The van der Waals surface area contributed by atoms with Gasteiger partial charge in [-0.3, -0.25) is 4.79 Å². The number of aldehydes is 1. The summed E-state index contributed by atoms with van der Waals surface area (Å²) in [6, 6.07) is 8.40. The number of hydrogen-bond donors (Lipinski definition) is 2. The summed E-state index contributed by atoms with van der Waals surface area (Å²) < 4.78 is 0. The average molecular weight is 219 g/mol. The first-order valence-electron chi connectivity index (χ1n) is 4.92. The van der Waals surface area contributed by atoms with Crippen molar-refractivity contribution >= 4 is 23.2 Å². The lowest BCUT2D eigenvalue weighted by Gasteiger charge is -1.90. The molecular weight excluding hydrogens is 206 g/mol. The van der Waals surface area contributed by atoms with Gasteiger partial charge >= 0.3 is 5.97 Å². The molecule has 2 rings (SSSR count). The maximum atomic E-state index is 9.00. The van der Waals surface area contributed by atoms with Crippen molar-refractivity contribution < 1.29 is 14.7 Å². The number of benzene rings is 1. The van der Waals surface area contributed by atoms with Gasteiger partial charge < -0.3 is 10.1 Å². The second-order valence-corrected chi connectivity index (χ2v) is 3.17. The lowest BCUT2D eigenvalue weighted by atomic mass is 10.1. The molecule has 0 saturated carbocycles. The largest absolute Gasteiger partial charge is 0.476 e. The van der Waals surface area contributed by atoms with Crippen molar-refractivity contribution in [3.63, 3.8) is 0 Å². The van der Waals surface area contributed by atoms with Crippen molar-refractivity contribution in [3.05, 3.63) is 36.0 Å². The summed E-state index contributed by atoms with van der Waals surface area (Å²) in [5.41, 5.74) is 2.64. The fourth-order valence-corrected chi connectivity index (χ4v) is 1.42. The SMILES string of the molecule is CCc1c[nH]c2ccccc12.O=CC(=O)O. The Labute approximate surface area is 92.9 Å². The van der Waals surface area contributed by atoms with Gasteiger partial charge in [-0.15, -0.1) is 0 Å². The fraction of sp³-hybridized carbons (Fsp3) is 0.167. The molecule has 1 aromatic carbocycles. The summed E-state index contributed by atoms with van der Waals surface area (Å²) in [6.45, 7) is 2.18. The van der Waals surface area contributed by atoms with E-state index in [9.17, 15) is 0 Å². The van der Waals surface area contributed by atoms with Crippen molar-refractivity contribution in [2.24, 2.45) is 0 Å². The van der Waals surface area contributed by atoms with Crippen LogP contribution in [0.2, 0.25) is 0 Å². The highest BCUT2D eigenvalue weighted by Gasteiger charge is 1.97. The van der Waals surface area contributed by atoms with Gasteiger partial charge in [-0.1, -0.05) is 25.1 Å². The lowest BCUT2D eigenvalue weighted by molar-refractivity contribution is -0.143. The van der Waals surface area contributed by atoms with Gasteiger partial charge in [-0.2, -0.15) is 0 Å². The van der Waals surface area contributed by atoms with Crippen molar-refractivity contribution in [1.29, 1.82) is 0 Å². The molecule has 1 aromatic heterocycles. The number of nitrogens with one attached hydrogen (secondary N) is 1. The molecular formula is C12H13NO3. The van der Waals surface area contributed by atoms with Crippen LogP contribution in [-0.4, -0.2) is 22.3 Å². The van der Waals surface area contributed by atoms with Gasteiger partial charge in [0.25, 0.3) is 0 Å². The Morgan fingerprint density at radius 3 is 2.62 bits per heavy atom. The van der Waals surface area contributed by atoms with Crippen LogP contribution >= 0.6 is 0 Å². The zero-order valence-electron chi connectivity index (χ0n) is 8.93. The Bertz CT molecular complexity index is 488. The standard InChI is InChI=1S/C10H11N.C2H2O3/c1-2-8-7-11-10-6-4-3-5-9(8)10;3-1-2(4)5/h3-7,11H,2H2,1H3;1H,(H,4,5). The lowest BCUT2D eigenvalue weighted by Crippen LogP contribution is -1.91. The summed E-state index contributed by atoms with van der Waals surface area (Å²) >= 11 is 0. The molecule has 0 amide bonds. The molecule has 4 heteroatoms. The third-order valence-electron chi connectivity index (χ3n) is 2.16. The highest BCUT2D eigenvalue weighted by Crippen LogP contribution is 2.17. The van der Waals surface area contributed by atoms with Crippen molar-refractivity contribution in [2.75, 3.05) is 0 Å². The van der Waals surface area contributed by atoms with Gasteiger partial charge in [0.15, 0.2) is 0 Å². The minimum atomic E-state index is -1.43. The molecule has 0 radical (unpaired) electrons. The number of carboxylic acid groups (broad SMARTS) is 1. The zero-order valence-corrected chi connectivity index (χ0v) is 8.93. The molecule has 0 atom stereocenters. The predicted octanol–water partition coefficient (Wildman–Crippen LogP) is 2.00. The molecule has 0 unspecified atom stereocenters. The third-order valence-corrected chi connectivity index (χ3v) is 2.16. The van der Waals surface area contributed by atoms with Crippen LogP contribution in [0.5, 0.6) is 0 Å². The van der Waals surface area contributed by atoms with E-state index in [1.807, 2.05) is 0 Å². The first kappa shape index (κ1) is 12.0. The molecule has 2 N–H and O–H groups in total. The molecule has 0 aliphatic rings. The van der Waals surface area contributed by atoms with E-state index in [4.69, 9.17) is 14.7 Å². The average Bonchev–Trinajstić information content (AvgIpc) is 2.72. The number of aliphatic carboxylic acids is 1. The van der Waals surface area contributed by atoms with Gasteiger partial charge in [0.05, 0.1) is 0 Å². The summed E-state index contributed by atoms with van der Waals surface area (Å²) in [4.78, 5) is 21.1. The predicted molar refractivity (Wildman–Crippen MR) is 61.4 cm³/mol. The van der Waals surface area contributed by atoms with Gasteiger partial charge in [0.2, 0.25) is 6.29 Å². The number of para-hydroxylation sites is 1. The number of carbonyl (C=O) groups is 2. The van der Waals surface area contributed by atoms with Gasteiger partial charge in [0, 0.05) is 17.1 Å². The van der Waals surface area contributed by atoms with Crippen LogP contribution in [0, 0.1) is 0 Å². The molecule has 1 heterocycles. The minimum absolute atomic E-state index is 0.167. The number of aromatic nitrogens is 1. The Hall–Kier alpha value is -2.10. The Kier molecular flexibility index (Phi) is 4.27. The number of H-pyrrole nitrogens is 1. The maximum Gasteiger partial charge on any atom is 0.368 e. The number of hydrogen-bond acceptors (Lipinski definition) is 2. The van der Waals surface area contributed by atoms with Crippen LogP contribution in [0.4, 0.5) is 0 Å². The quantitative estimate of drug-likeness (QED) is 0.599. The van der Waals surface area contributed by atoms with Gasteiger partial charge in [-0.25, -0.2) is 4.79 Å². The molecule has 16 heavy (non-hydrogen) atoms. The molecule has 4 nitrogen and oxygen atoms in total. The minimum Gasteiger partial charge on any atom is -0.476 e. The van der Waals surface area contributed by atoms with Crippen LogP contribution in [0.3, 0.4) is 0 Å². The molecule has 0 bridgehead atoms. The van der Waals surface area contributed by atoms with Crippen molar-refractivity contribution in [3.8, 4) is 0 Å². The summed E-state index contributed by atoms with van der Waals surface area (Å²) in [5, 5.41) is 8.71. The van der Waals surface area contributed by atoms with Gasteiger partial charge in [-0.05, 0) is 18.1 Å². The van der Waals surface area contributed by atoms with Crippen LogP contribution in [0.25, 0.3) is 10.9 Å². The van der Waals surface area contributed by atoms with Gasteiger partial charge in [0.1, 0.15) is 0 Å². The fourth-order valence-electron chi connectivity index (χ4n) is 1.42. The van der Waals surface area contributed by atoms with Crippen LogP contribution in [0.1, 0.15) is 12.5 Å². The Morgan fingerprint density at radius 2 is 2.06 bits per heavy atom. The highest BCUT2D eigenvalue weighted by atomic mass is 16.4. The summed E-state index contributed by atoms with van der Waals surface area (Å²) in [5.74, 6) is -1.43. The van der Waals surface area contributed by atoms with E-state index < -0.39 is 5.97 Å². The second kappa shape index (κ2) is 5.70. The van der Waals surface area contributed by atoms with E-state index in [-0.39, 0.29) is 6.29 Å². The highest BCUT2D eigenvalue weighted by molar-refractivity contribution is 6.19. The topological polar surface area (TPSA) is 70.2 Å². The smallest absolute Gasteiger partial charge is 0.368 e. The zero-order chi connectivity index (χ0) is 12.0. The Morgan fingerprint density at radius 1 is 1.44 bits per heavy atom. The maximum absolute atomic E-state index is 9.00. The number of aromatic amines is 1. The monoisotopic (exact) mass is 219 g/mol. The van der Waals surface area contributed by atoms with Crippen LogP contribution in [0.15, 0.2) is 30.5 Å². The molecule has 0 saturated heterocycles. The second-order valence-electron chi connectivity index (χ2n) is 3.17. The molecule has 0 aliphatic carbocycles. The molecule has 0 spiro atoms. The Balaban J connectivity index is 0.000000221. The van der Waals surface area contributed by atoms with Crippen molar-refractivity contribution in [1.82, 2.24) is 4.98 Å². The van der Waals surface area contributed by atoms with E-state index in [1.165, 1.54) is 16.5 Å². The van der Waals surface area contributed by atoms with E-state index in [0.717, 1.165) is 6.42 Å². The summed E-state index contributed by atoms with van der Waals surface area (Å²) in [6.07, 6.45) is 3.02. The summed E-state index contributed by atoms with van der Waals surface area (Å²) in [7, 11) is 0. The third kappa shape index (κ3) is 2.95. The number of aryl methyl sites for hydroxylation is 1. The number of carbonyl (C=O) groups excluding carboxylic acids is 1. The molecule has 0 aliphatic heterocycles. The number of rotatable bonds is 2.